The number of aliphatic carboxylic acids is 3. The molecule has 0 aromatic carbocycles. The third-order valence-corrected chi connectivity index (χ3v) is 1.25. The van der Waals surface area contributed by atoms with Gasteiger partial charge in [0.05, 0.1) is 7.11 Å². The number of hydrogen-bond acceptors (Lipinski definition) is 5. The maximum atomic E-state index is 10.2. The Hall–Kier alpha value is -3.16. The molecule has 0 amide bonds. The number of carboxylic acid groups (broad SMARTS) is 3. The van der Waals surface area contributed by atoms with Crippen molar-refractivity contribution in [1.29, 1.82) is 0 Å². The van der Waals surface area contributed by atoms with E-state index in [-0.39, 0.29) is 11.5 Å². The summed E-state index contributed by atoms with van der Waals surface area (Å²) in [4.78, 5) is 38.3. The molecule has 0 aromatic rings. The summed E-state index contributed by atoms with van der Waals surface area (Å²) in [5.74, 6) is -3.25. The molecule has 8 nitrogen and oxygen atoms in total. The van der Waals surface area contributed by atoms with Crippen molar-refractivity contribution in [3.8, 4) is 0 Å². The minimum Gasteiger partial charge on any atom is -0.478 e. The predicted molar refractivity (Wildman–Crippen MR) is 84.9 cm³/mol. The first-order valence-corrected chi connectivity index (χ1v) is 5.70. The molecule has 0 aliphatic rings. The highest BCUT2D eigenvalue weighted by atomic mass is 16.5. The van der Waals surface area contributed by atoms with Gasteiger partial charge in [-0.3, -0.25) is 0 Å². The van der Waals surface area contributed by atoms with E-state index in [2.05, 4.69) is 31.1 Å². The maximum absolute atomic E-state index is 10.2. The fraction of sp³-hybridized carbons (Fsp3) is 0.200. The minimum atomic E-state index is -0.981. The Balaban J connectivity index is -0.000000106. The van der Waals surface area contributed by atoms with Crippen molar-refractivity contribution in [2.45, 2.75) is 13.8 Å². The molecule has 0 saturated heterocycles. The van der Waals surface area contributed by atoms with Gasteiger partial charge in [-0.1, -0.05) is 26.3 Å². The highest BCUT2D eigenvalue weighted by Crippen LogP contribution is 1.87. The quantitative estimate of drug-likeness (QED) is 0.524. The van der Waals surface area contributed by atoms with Crippen LogP contribution in [0.5, 0.6) is 0 Å². The molecule has 0 rings (SSSR count). The van der Waals surface area contributed by atoms with E-state index in [1.165, 1.54) is 14.0 Å². The molecule has 23 heavy (non-hydrogen) atoms. The van der Waals surface area contributed by atoms with Gasteiger partial charge in [0.1, 0.15) is 0 Å². The zero-order valence-electron chi connectivity index (χ0n) is 13.4. The highest BCUT2D eigenvalue weighted by molar-refractivity contribution is 5.86. The summed E-state index contributed by atoms with van der Waals surface area (Å²) in [7, 11) is 1.33. The largest absolute Gasteiger partial charge is 0.478 e. The lowest BCUT2D eigenvalue weighted by Gasteiger charge is -1.91. The molecule has 0 heterocycles. The maximum Gasteiger partial charge on any atom is 0.332 e. The Morgan fingerprint density at radius 3 is 1.04 bits per heavy atom. The van der Waals surface area contributed by atoms with E-state index in [0.717, 1.165) is 12.2 Å². The fourth-order valence-electron chi connectivity index (χ4n) is 0.174. The van der Waals surface area contributed by atoms with Crippen LogP contribution in [0.4, 0.5) is 0 Å². The van der Waals surface area contributed by atoms with Crippen molar-refractivity contribution in [3.63, 3.8) is 0 Å². The minimum absolute atomic E-state index is 0.176. The zero-order valence-corrected chi connectivity index (χ0v) is 13.4. The monoisotopic (exact) mass is 330 g/mol. The summed E-state index contributed by atoms with van der Waals surface area (Å²) in [6.45, 7) is 15.5. The summed E-state index contributed by atoms with van der Waals surface area (Å²) in [6.07, 6.45) is 1.67. The summed E-state index contributed by atoms with van der Waals surface area (Å²) < 4.78 is 4.27. The van der Waals surface area contributed by atoms with Crippen LogP contribution in [0.2, 0.25) is 0 Å². The Morgan fingerprint density at radius 1 is 0.826 bits per heavy atom. The van der Waals surface area contributed by atoms with E-state index in [0.29, 0.717) is 5.57 Å². The Bertz CT molecular complexity index is 430. The topological polar surface area (TPSA) is 138 Å². The Labute approximate surface area is 134 Å². The van der Waals surface area contributed by atoms with Crippen LogP contribution in [0.1, 0.15) is 13.8 Å². The van der Waals surface area contributed by atoms with E-state index in [9.17, 15) is 19.2 Å². The predicted octanol–water partition coefficient (Wildman–Crippen LogP) is 1.90. The van der Waals surface area contributed by atoms with E-state index < -0.39 is 17.9 Å². The molecular weight excluding hydrogens is 308 g/mol. The Morgan fingerprint density at radius 2 is 1.04 bits per heavy atom. The molecular formula is C15H22O8. The van der Waals surface area contributed by atoms with Crippen LogP contribution in [-0.4, -0.2) is 46.3 Å². The number of carbonyl (C=O) groups excluding carboxylic acids is 1. The van der Waals surface area contributed by atoms with E-state index in [1.807, 2.05) is 0 Å². The lowest BCUT2D eigenvalue weighted by atomic mass is 10.4. The van der Waals surface area contributed by atoms with Gasteiger partial charge in [-0.2, -0.15) is 0 Å². The summed E-state index contributed by atoms with van der Waals surface area (Å²) >= 11 is 0. The molecule has 0 radical (unpaired) electrons. The summed E-state index contributed by atoms with van der Waals surface area (Å²) in [5, 5.41) is 23.1. The van der Waals surface area contributed by atoms with Gasteiger partial charge in [0.15, 0.2) is 0 Å². The van der Waals surface area contributed by atoms with Gasteiger partial charge in [-0.25, -0.2) is 19.2 Å². The van der Waals surface area contributed by atoms with Crippen molar-refractivity contribution in [3.05, 3.63) is 49.6 Å². The first-order valence-electron chi connectivity index (χ1n) is 5.70. The Kier molecular flexibility index (Phi) is 23.0. The van der Waals surface area contributed by atoms with Crippen LogP contribution >= 0.6 is 0 Å². The average Bonchev–Trinajstić information content (AvgIpc) is 2.47. The zero-order chi connectivity index (χ0) is 19.6. The molecule has 8 heteroatoms. The van der Waals surface area contributed by atoms with Gasteiger partial charge in [-0.15, -0.1) is 0 Å². The van der Waals surface area contributed by atoms with Crippen LogP contribution in [0.3, 0.4) is 0 Å². The van der Waals surface area contributed by atoms with Gasteiger partial charge in [0, 0.05) is 23.3 Å². The number of carbonyl (C=O) groups is 4. The van der Waals surface area contributed by atoms with Gasteiger partial charge in [0.25, 0.3) is 0 Å². The van der Waals surface area contributed by atoms with Crippen molar-refractivity contribution in [1.82, 2.24) is 0 Å². The molecule has 0 spiro atoms. The molecule has 0 bridgehead atoms. The van der Waals surface area contributed by atoms with Gasteiger partial charge < -0.3 is 20.1 Å². The first kappa shape index (κ1) is 28.1. The van der Waals surface area contributed by atoms with E-state index >= 15 is 0 Å². The fourth-order valence-corrected chi connectivity index (χ4v) is 0.174. The van der Waals surface area contributed by atoms with Gasteiger partial charge in [0.2, 0.25) is 0 Å². The first-order chi connectivity index (χ1) is 10.4. The lowest BCUT2D eigenvalue weighted by Crippen LogP contribution is -1.98. The number of esters is 1. The molecule has 3 N–H and O–H groups in total. The summed E-state index contributed by atoms with van der Waals surface area (Å²) in [5.41, 5.74) is 0.609. The van der Waals surface area contributed by atoms with Gasteiger partial charge in [-0.05, 0) is 13.8 Å². The third kappa shape index (κ3) is 45.5. The van der Waals surface area contributed by atoms with E-state index in [1.54, 1.807) is 6.92 Å². The number of rotatable bonds is 4. The van der Waals surface area contributed by atoms with Crippen molar-refractivity contribution in [2.75, 3.05) is 7.11 Å². The second-order valence-electron chi connectivity index (χ2n) is 3.44. The molecule has 0 aromatic heterocycles. The van der Waals surface area contributed by atoms with Crippen LogP contribution in [0.15, 0.2) is 49.6 Å². The second-order valence-corrected chi connectivity index (χ2v) is 3.44. The number of ether oxygens (including phenoxy) is 1. The smallest absolute Gasteiger partial charge is 0.332 e. The molecule has 0 saturated carbocycles. The third-order valence-electron chi connectivity index (χ3n) is 1.25. The molecule has 0 aliphatic carbocycles. The SMILES string of the molecule is C=C(C)C(=O)O.C=C(C)C(=O)OC.C=CC(=O)O.C=CC(=O)O. The molecule has 0 fully saturated rings. The van der Waals surface area contributed by atoms with Crippen molar-refractivity contribution >= 4 is 23.9 Å². The average molecular weight is 330 g/mol. The van der Waals surface area contributed by atoms with Crippen LogP contribution in [0, 0.1) is 0 Å². The number of hydrogen-bond donors (Lipinski definition) is 3. The van der Waals surface area contributed by atoms with Crippen molar-refractivity contribution in [2.24, 2.45) is 0 Å². The standard InChI is InChI=1S/C5H8O2.C4H6O2.2C3H4O2/c1-4(2)5(6)7-3;1-3(2)4(5)6;2*1-2-3(4)5/h1H2,2-3H3;1H2,2H3,(H,5,6);2*2H,1H2,(H,4,5). The van der Waals surface area contributed by atoms with Gasteiger partial charge >= 0.3 is 23.9 Å². The van der Waals surface area contributed by atoms with E-state index in [4.69, 9.17) is 15.3 Å². The van der Waals surface area contributed by atoms with Crippen LogP contribution in [0.25, 0.3) is 0 Å². The number of methoxy groups -OCH3 is 1. The normalized spacial score (nSPS) is 7.09. The second kappa shape index (κ2) is 18.8. The lowest BCUT2D eigenvalue weighted by molar-refractivity contribution is -0.136. The molecule has 0 aliphatic heterocycles. The van der Waals surface area contributed by atoms with Crippen molar-refractivity contribution < 1.29 is 39.2 Å². The highest BCUT2D eigenvalue weighted by Gasteiger charge is 1.95. The van der Waals surface area contributed by atoms with Crippen LogP contribution in [-0.2, 0) is 23.9 Å². The number of carboxylic acids is 3. The molecule has 0 unspecified atom stereocenters. The molecule has 0 atom stereocenters. The molecule has 130 valence electrons. The summed E-state index contributed by atoms with van der Waals surface area (Å²) in [6, 6.07) is 0. The van der Waals surface area contributed by atoms with Crippen LogP contribution < -0.4 is 0 Å².